The zero-order valence-corrected chi connectivity index (χ0v) is 24.4. The highest BCUT2D eigenvalue weighted by molar-refractivity contribution is 5.97. The zero-order chi connectivity index (χ0) is 30.3. The fourth-order valence-corrected chi connectivity index (χ4v) is 5.84. The van der Waals surface area contributed by atoms with Crippen molar-refractivity contribution in [1.82, 2.24) is 4.90 Å². The molecular formula is C36H35FN2O5. The maximum absolute atomic E-state index is 13.6. The highest BCUT2D eigenvalue weighted by Gasteiger charge is 2.39. The number of fused-ring (bicyclic) bond motifs is 1. The van der Waals surface area contributed by atoms with E-state index in [1.807, 2.05) is 36.4 Å². The molecule has 2 amide bonds. The Balaban J connectivity index is 1.09. The van der Waals surface area contributed by atoms with Crippen LogP contribution in [0.2, 0.25) is 0 Å². The van der Waals surface area contributed by atoms with E-state index in [0.29, 0.717) is 56.2 Å². The molecule has 44 heavy (non-hydrogen) atoms. The number of amides is 2. The van der Waals surface area contributed by atoms with E-state index in [0.717, 1.165) is 29.9 Å². The predicted molar refractivity (Wildman–Crippen MR) is 166 cm³/mol. The van der Waals surface area contributed by atoms with Crippen LogP contribution in [0.25, 0.3) is 0 Å². The zero-order valence-electron chi connectivity index (χ0n) is 24.4. The Bertz CT molecular complexity index is 1580. The second kappa shape index (κ2) is 13.6. The first kappa shape index (κ1) is 29.2. The van der Waals surface area contributed by atoms with Gasteiger partial charge < -0.3 is 24.4 Å². The molecule has 0 bridgehead atoms. The van der Waals surface area contributed by atoms with Crippen molar-refractivity contribution < 1.29 is 28.2 Å². The number of likely N-dealkylation sites (tertiary alicyclic amines) is 1. The lowest BCUT2D eigenvalue weighted by Gasteiger charge is -2.24. The Morgan fingerprint density at radius 3 is 2.30 bits per heavy atom. The van der Waals surface area contributed by atoms with Gasteiger partial charge in [-0.2, -0.15) is 0 Å². The van der Waals surface area contributed by atoms with Gasteiger partial charge in [-0.1, -0.05) is 36.4 Å². The van der Waals surface area contributed by atoms with Crippen molar-refractivity contribution in [2.24, 2.45) is 5.92 Å². The van der Waals surface area contributed by atoms with E-state index in [2.05, 4.69) is 17.4 Å². The number of aryl methyl sites for hydroxylation is 1. The molecule has 2 heterocycles. The Morgan fingerprint density at radius 1 is 0.841 bits per heavy atom. The summed E-state index contributed by atoms with van der Waals surface area (Å²) in [5, 5.41) is 3.00. The average molecular weight is 595 g/mol. The second-order valence-corrected chi connectivity index (χ2v) is 11.3. The molecule has 7 nitrogen and oxygen atoms in total. The molecule has 8 heteroatoms. The van der Waals surface area contributed by atoms with Crippen LogP contribution < -0.4 is 19.5 Å². The average Bonchev–Trinajstić information content (AvgIpc) is 3.47. The van der Waals surface area contributed by atoms with Gasteiger partial charge in [0.25, 0.3) is 0 Å². The standard InChI is InChI=1S/C36H35FN2O5/c37-28-10-14-30(15-11-28)44-31-16-12-29(13-17-31)38-36(41)32-22-27(21-25-5-2-1-3-6-25)24-39(32)35(40)8-4-7-26-9-18-33-34(23-26)43-20-19-42-33/h1-3,5-6,9-18,23,27,32H,4,7-8,19-22,24H2,(H,38,41)/t27-,32+/m1/s1. The van der Waals surface area contributed by atoms with Crippen LogP contribution in [0.1, 0.15) is 30.4 Å². The number of anilines is 1. The molecule has 6 rings (SSSR count). The summed E-state index contributed by atoms with van der Waals surface area (Å²) in [7, 11) is 0. The number of rotatable bonds is 10. The minimum absolute atomic E-state index is 0.0127. The molecule has 4 aromatic carbocycles. The van der Waals surface area contributed by atoms with E-state index in [9.17, 15) is 14.0 Å². The lowest BCUT2D eigenvalue weighted by atomic mass is 9.96. The Hall–Kier alpha value is -4.85. The number of hydrogen-bond donors (Lipinski definition) is 1. The summed E-state index contributed by atoms with van der Waals surface area (Å²) in [5.74, 6) is 2.21. The van der Waals surface area contributed by atoms with Crippen molar-refractivity contribution in [1.29, 1.82) is 0 Å². The normalized spacial score (nSPS) is 17.2. The molecule has 2 aliphatic heterocycles. The molecule has 1 saturated heterocycles. The molecule has 226 valence electrons. The third-order valence-electron chi connectivity index (χ3n) is 8.01. The van der Waals surface area contributed by atoms with Gasteiger partial charge in [-0.3, -0.25) is 9.59 Å². The minimum atomic E-state index is -0.555. The van der Waals surface area contributed by atoms with Crippen LogP contribution in [0.4, 0.5) is 10.1 Å². The maximum Gasteiger partial charge on any atom is 0.247 e. The lowest BCUT2D eigenvalue weighted by molar-refractivity contribution is -0.136. The third kappa shape index (κ3) is 7.37. The summed E-state index contributed by atoms with van der Waals surface area (Å²) >= 11 is 0. The lowest BCUT2D eigenvalue weighted by Crippen LogP contribution is -2.43. The summed E-state index contributed by atoms with van der Waals surface area (Å²) < 4.78 is 30.3. The van der Waals surface area contributed by atoms with Gasteiger partial charge in [0.2, 0.25) is 11.8 Å². The summed E-state index contributed by atoms with van der Waals surface area (Å²) in [5.41, 5.74) is 2.90. The first-order valence-electron chi connectivity index (χ1n) is 15.1. The molecule has 0 aromatic heterocycles. The van der Waals surface area contributed by atoms with Crippen molar-refractivity contribution in [2.45, 2.75) is 38.1 Å². The number of halogens is 1. The Labute approximate surface area is 256 Å². The molecule has 0 aliphatic carbocycles. The molecule has 1 N–H and O–H groups in total. The molecular weight excluding hydrogens is 559 g/mol. The van der Waals surface area contributed by atoms with Crippen molar-refractivity contribution in [2.75, 3.05) is 25.1 Å². The minimum Gasteiger partial charge on any atom is -0.486 e. The van der Waals surface area contributed by atoms with Crippen molar-refractivity contribution in [3.63, 3.8) is 0 Å². The van der Waals surface area contributed by atoms with Crippen LogP contribution >= 0.6 is 0 Å². The van der Waals surface area contributed by atoms with E-state index in [1.165, 1.54) is 17.7 Å². The third-order valence-corrected chi connectivity index (χ3v) is 8.01. The first-order chi connectivity index (χ1) is 21.5. The second-order valence-electron chi connectivity index (χ2n) is 11.3. The van der Waals surface area contributed by atoms with Crippen molar-refractivity contribution in [3.05, 3.63) is 114 Å². The smallest absolute Gasteiger partial charge is 0.247 e. The first-order valence-corrected chi connectivity index (χ1v) is 15.1. The van der Waals surface area contributed by atoms with Crippen LogP contribution in [0.5, 0.6) is 23.0 Å². The van der Waals surface area contributed by atoms with Crippen LogP contribution in [0, 0.1) is 11.7 Å². The highest BCUT2D eigenvalue weighted by Crippen LogP contribution is 2.32. The van der Waals surface area contributed by atoms with Crippen LogP contribution in [0.3, 0.4) is 0 Å². The van der Waals surface area contributed by atoms with Gasteiger partial charge >= 0.3 is 0 Å². The highest BCUT2D eigenvalue weighted by atomic mass is 19.1. The van der Waals surface area contributed by atoms with Crippen molar-refractivity contribution in [3.8, 4) is 23.0 Å². The Kier molecular flexibility index (Phi) is 9.06. The topological polar surface area (TPSA) is 77.1 Å². The van der Waals surface area contributed by atoms with Gasteiger partial charge in [0.05, 0.1) is 0 Å². The van der Waals surface area contributed by atoms with Gasteiger partial charge in [-0.25, -0.2) is 4.39 Å². The number of nitrogens with one attached hydrogen (secondary N) is 1. The molecule has 4 aromatic rings. The van der Waals surface area contributed by atoms with E-state index < -0.39 is 6.04 Å². The molecule has 0 saturated carbocycles. The number of hydrogen-bond acceptors (Lipinski definition) is 5. The van der Waals surface area contributed by atoms with Crippen molar-refractivity contribution >= 4 is 17.5 Å². The number of carbonyl (C=O) groups is 2. The van der Waals surface area contributed by atoms with Crippen LogP contribution in [0.15, 0.2) is 97.1 Å². The van der Waals surface area contributed by atoms with Gasteiger partial charge in [0.1, 0.15) is 36.6 Å². The molecule has 0 spiro atoms. The van der Waals surface area contributed by atoms with Crippen LogP contribution in [-0.2, 0) is 22.4 Å². The number of ether oxygens (including phenoxy) is 3. The Morgan fingerprint density at radius 2 is 1.55 bits per heavy atom. The van der Waals surface area contributed by atoms with Gasteiger partial charge in [-0.15, -0.1) is 0 Å². The van der Waals surface area contributed by atoms with E-state index in [1.54, 1.807) is 41.3 Å². The molecule has 2 atom stereocenters. The largest absolute Gasteiger partial charge is 0.486 e. The SMILES string of the molecule is O=C(Nc1ccc(Oc2ccc(F)cc2)cc1)[C@@H]1C[C@@H](Cc2ccccc2)CN1C(=O)CCCc1ccc2c(c1)OCCO2. The number of carbonyl (C=O) groups excluding carboxylic acids is 2. The summed E-state index contributed by atoms with van der Waals surface area (Å²) in [6, 6.07) is 28.3. The summed E-state index contributed by atoms with van der Waals surface area (Å²) in [4.78, 5) is 28.9. The van der Waals surface area contributed by atoms with Gasteiger partial charge in [0, 0.05) is 18.7 Å². The monoisotopic (exact) mass is 594 g/mol. The van der Waals surface area contributed by atoms with E-state index >= 15 is 0 Å². The van der Waals surface area contributed by atoms with E-state index in [4.69, 9.17) is 14.2 Å². The number of nitrogens with zero attached hydrogens (tertiary/aromatic N) is 1. The molecule has 1 fully saturated rings. The molecule has 0 radical (unpaired) electrons. The van der Waals surface area contributed by atoms with Crippen LogP contribution in [-0.4, -0.2) is 42.5 Å². The number of benzene rings is 4. The molecule has 0 unspecified atom stereocenters. The fraction of sp³-hybridized carbons (Fsp3) is 0.278. The summed E-state index contributed by atoms with van der Waals surface area (Å²) in [6.45, 7) is 1.62. The quantitative estimate of drug-likeness (QED) is 0.218. The predicted octanol–water partition coefficient (Wildman–Crippen LogP) is 6.81. The maximum atomic E-state index is 13.6. The molecule has 2 aliphatic rings. The van der Waals surface area contributed by atoms with E-state index in [-0.39, 0.29) is 23.5 Å². The van der Waals surface area contributed by atoms with Gasteiger partial charge in [-0.05, 0) is 103 Å². The summed E-state index contributed by atoms with van der Waals surface area (Å²) in [6.07, 6.45) is 3.15. The fourth-order valence-electron chi connectivity index (χ4n) is 5.84. The van der Waals surface area contributed by atoms with Gasteiger partial charge in [0.15, 0.2) is 11.5 Å².